The average molecular weight is 70.9 g/mol. The largest absolute Gasteiger partial charge is 0.327 e. The molecule has 0 saturated carbocycles. The molecule has 30 valence electrons. The molecule has 5 heavy (non-hydrogen) atoms. The monoisotopic (exact) mass is 71.1 g/mol. The fourth-order valence-corrected chi connectivity index (χ4v) is 0.250. The highest BCUT2D eigenvalue weighted by atomic mass is 14.8. The highest BCUT2D eigenvalue weighted by molar-refractivity contribution is 6.33. The minimum absolute atomic E-state index is 1.14. The van der Waals surface area contributed by atoms with Crippen LogP contribution in [-0.2, 0) is 0 Å². The third kappa shape index (κ3) is 4.02. The molecule has 0 rings (SSSR count). The van der Waals surface area contributed by atoms with E-state index in [1.54, 1.807) is 0 Å². The molecule has 0 aliphatic rings. The van der Waals surface area contributed by atoms with Crippen LogP contribution in [0.1, 0.15) is 0 Å². The van der Waals surface area contributed by atoms with Crippen molar-refractivity contribution >= 4 is 7.28 Å². The first-order valence-electron chi connectivity index (χ1n) is 2.06. The molecule has 2 heteroatoms. The lowest BCUT2D eigenvalue weighted by Crippen LogP contribution is -2.11. The van der Waals surface area contributed by atoms with Gasteiger partial charge in [0.2, 0.25) is 0 Å². The van der Waals surface area contributed by atoms with Crippen molar-refractivity contribution in [2.45, 2.75) is 6.82 Å². The smallest absolute Gasteiger partial charge is 0.134 e. The molecule has 0 bridgehead atoms. The molecular formula is C3H10BN. The summed E-state index contributed by atoms with van der Waals surface area (Å²) in [5.74, 6) is 0. The fraction of sp³-hybridized carbons (Fsp3) is 1.00. The zero-order valence-electron chi connectivity index (χ0n) is 3.91. The van der Waals surface area contributed by atoms with Crippen LogP contribution < -0.4 is 5.32 Å². The molecule has 0 aromatic heterocycles. The Balaban J connectivity index is 2.19. The summed E-state index contributed by atoms with van der Waals surface area (Å²) in [7, 11) is 3.19. The summed E-state index contributed by atoms with van der Waals surface area (Å²) < 4.78 is 0. The maximum Gasteiger partial charge on any atom is 0.134 e. The van der Waals surface area contributed by atoms with Gasteiger partial charge in [0.1, 0.15) is 7.28 Å². The van der Waals surface area contributed by atoms with Crippen molar-refractivity contribution in [2.75, 3.05) is 13.5 Å². The molecule has 0 unspecified atom stereocenters. The van der Waals surface area contributed by atoms with E-state index in [1.807, 2.05) is 7.05 Å². The van der Waals surface area contributed by atoms with Crippen molar-refractivity contribution in [3.8, 4) is 0 Å². The minimum atomic E-state index is 1.14. The predicted octanol–water partition coefficient (Wildman–Crippen LogP) is -0.352. The Morgan fingerprint density at radius 2 is 2.40 bits per heavy atom. The second kappa shape index (κ2) is 4.02. The van der Waals surface area contributed by atoms with Gasteiger partial charge in [0, 0.05) is 0 Å². The third-order valence-corrected chi connectivity index (χ3v) is 0.500. The molecule has 0 radical (unpaired) electrons. The van der Waals surface area contributed by atoms with E-state index >= 15 is 0 Å². The zero-order valence-corrected chi connectivity index (χ0v) is 3.91. The van der Waals surface area contributed by atoms with Crippen molar-refractivity contribution in [2.24, 2.45) is 0 Å². The summed E-state index contributed by atoms with van der Waals surface area (Å²) in [6.07, 6.45) is 1.14. The molecule has 0 aliphatic carbocycles. The van der Waals surface area contributed by atoms with Gasteiger partial charge in [-0.05, 0) is 13.5 Å². The Hall–Kier alpha value is 0.0249. The van der Waals surface area contributed by atoms with E-state index in [2.05, 4.69) is 12.1 Å². The molecular weight excluding hydrogens is 60.9 g/mol. The van der Waals surface area contributed by atoms with E-state index in [-0.39, 0.29) is 0 Å². The first kappa shape index (κ1) is 5.02. The lowest BCUT2D eigenvalue weighted by molar-refractivity contribution is 0.968. The van der Waals surface area contributed by atoms with Crippen LogP contribution >= 0.6 is 0 Å². The Kier molecular flexibility index (Phi) is 4.05. The minimum Gasteiger partial charge on any atom is -0.327 e. The highest BCUT2D eigenvalue weighted by Gasteiger charge is 1.69. The van der Waals surface area contributed by atoms with E-state index in [0.717, 1.165) is 6.44 Å². The van der Waals surface area contributed by atoms with Gasteiger partial charge in [-0.3, -0.25) is 0 Å². The SMILES string of the molecule is CBCNC. The van der Waals surface area contributed by atoms with Gasteiger partial charge in [-0.2, -0.15) is 0 Å². The molecule has 0 aliphatic heterocycles. The van der Waals surface area contributed by atoms with Crippen molar-refractivity contribution in [3.05, 3.63) is 0 Å². The quantitative estimate of drug-likeness (QED) is 0.438. The Morgan fingerprint density at radius 3 is 2.40 bits per heavy atom. The van der Waals surface area contributed by atoms with Crippen LogP contribution in [0.2, 0.25) is 6.82 Å². The van der Waals surface area contributed by atoms with Gasteiger partial charge < -0.3 is 5.32 Å². The van der Waals surface area contributed by atoms with E-state index in [4.69, 9.17) is 0 Å². The molecule has 1 nitrogen and oxygen atoms in total. The lowest BCUT2D eigenvalue weighted by Gasteiger charge is -1.82. The Morgan fingerprint density at radius 1 is 1.80 bits per heavy atom. The van der Waals surface area contributed by atoms with Gasteiger partial charge in [-0.25, -0.2) is 0 Å². The van der Waals surface area contributed by atoms with Gasteiger partial charge >= 0.3 is 0 Å². The van der Waals surface area contributed by atoms with Crippen LogP contribution in [0, 0.1) is 0 Å². The maximum absolute atomic E-state index is 3.02. The van der Waals surface area contributed by atoms with E-state index in [9.17, 15) is 0 Å². The average Bonchev–Trinajstić information content (AvgIpc) is 1.41. The Bertz CT molecular complexity index is 14.4. The first-order valence-corrected chi connectivity index (χ1v) is 2.06. The second-order valence-electron chi connectivity index (χ2n) is 1.10. The van der Waals surface area contributed by atoms with Gasteiger partial charge in [0.05, 0.1) is 0 Å². The molecule has 0 spiro atoms. The summed E-state index contributed by atoms with van der Waals surface area (Å²) in [6.45, 7) is 2.15. The number of nitrogens with one attached hydrogen (secondary N) is 1. The standard InChI is InChI=1S/C3H10BN/c1-4-3-5-2/h4-5H,3H2,1-2H3. The maximum atomic E-state index is 3.02. The van der Waals surface area contributed by atoms with Crippen LogP contribution in [0.3, 0.4) is 0 Å². The molecule has 0 fully saturated rings. The third-order valence-electron chi connectivity index (χ3n) is 0.500. The molecule has 1 N–H and O–H groups in total. The lowest BCUT2D eigenvalue weighted by atomic mass is 9.83. The van der Waals surface area contributed by atoms with Crippen LogP contribution in [0.5, 0.6) is 0 Å². The van der Waals surface area contributed by atoms with Crippen LogP contribution in [0.15, 0.2) is 0 Å². The summed E-state index contributed by atoms with van der Waals surface area (Å²) in [4.78, 5) is 0. The molecule has 0 saturated heterocycles. The van der Waals surface area contributed by atoms with Crippen LogP contribution in [-0.4, -0.2) is 20.8 Å². The van der Waals surface area contributed by atoms with Gasteiger partial charge in [0.15, 0.2) is 0 Å². The normalized spacial score (nSPS) is 7.60. The van der Waals surface area contributed by atoms with Gasteiger partial charge in [-0.1, -0.05) is 6.82 Å². The molecule has 0 aromatic carbocycles. The molecule has 0 amide bonds. The summed E-state index contributed by atoms with van der Waals surface area (Å²) in [6, 6.07) is 0. The summed E-state index contributed by atoms with van der Waals surface area (Å²) in [5, 5.41) is 3.02. The Labute approximate surface area is 34.0 Å². The summed E-state index contributed by atoms with van der Waals surface area (Å²) >= 11 is 0. The van der Waals surface area contributed by atoms with Gasteiger partial charge in [0.25, 0.3) is 0 Å². The first-order chi connectivity index (χ1) is 2.41. The zero-order chi connectivity index (χ0) is 4.12. The number of rotatable bonds is 2. The van der Waals surface area contributed by atoms with Crippen molar-refractivity contribution in [1.29, 1.82) is 0 Å². The van der Waals surface area contributed by atoms with E-state index < -0.39 is 0 Å². The van der Waals surface area contributed by atoms with Crippen LogP contribution in [0.25, 0.3) is 0 Å². The highest BCUT2D eigenvalue weighted by Crippen LogP contribution is 1.44. The van der Waals surface area contributed by atoms with Crippen molar-refractivity contribution < 1.29 is 0 Å². The molecule has 0 heterocycles. The van der Waals surface area contributed by atoms with Crippen molar-refractivity contribution in [1.82, 2.24) is 5.32 Å². The van der Waals surface area contributed by atoms with E-state index in [1.165, 1.54) is 7.28 Å². The van der Waals surface area contributed by atoms with E-state index in [0.29, 0.717) is 0 Å². The molecule has 0 aromatic rings. The summed E-state index contributed by atoms with van der Waals surface area (Å²) in [5.41, 5.74) is 0. The van der Waals surface area contributed by atoms with Crippen LogP contribution in [0.4, 0.5) is 0 Å². The number of hydrogen-bond acceptors (Lipinski definition) is 1. The second-order valence-corrected chi connectivity index (χ2v) is 1.10. The predicted molar refractivity (Wildman–Crippen MR) is 26.9 cm³/mol. The fourth-order valence-electron chi connectivity index (χ4n) is 0.250. The van der Waals surface area contributed by atoms with Gasteiger partial charge in [-0.15, -0.1) is 0 Å². The van der Waals surface area contributed by atoms with Crippen molar-refractivity contribution in [3.63, 3.8) is 0 Å². The number of hydrogen-bond donors (Lipinski definition) is 1. The molecule has 0 atom stereocenters. The topological polar surface area (TPSA) is 12.0 Å².